The van der Waals surface area contributed by atoms with Crippen molar-refractivity contribution >= 4 is 44.8 Å². The number of alkyl halides is 3. The van der Waals surface area contributed by atoms with Gasteiger partial charge in [-0.25, -0.2) is 14.8 Å². The Hall–Kier alpha value is -3.87. The third kappa shape index (κ3) is 8.15. The summed E-state index contributed by atoms with van der Waals surface area (Å²) in [5, 5.41) is 10.9. The van der Waals surface area contributed by atoms with Gasteiger partial charge in [0, 0.05) is 76.1 Å². The lowest BCUT2D eigenvalue weighted by Crippen LogP contribution is -2.52. The summed E-state index contributed by atoms with van der Waals surface area (Å²) in [5.41, 5.74) is 1.28. The lowest BCUT2D eigenvalue weighted by Gasteiger charge is -2.41. The molecule has 53 heavy (non-hydrogen) atoms. The van der Waals surface area contributed by atoms with E-state index in [1.54, 1.807) is 8.99 Å². The van der Waals surface area contributed by atoms with Crippen LogP contribution in [0.15, 0.2) is 30.6 Å². The molecule has 14 nitrogen and oxygen atoms in total. The van der Waals surface area contributed by atoms with E-state index in [0.717, 1.165) is 68.5 Å². The summed E-state index contributed by atoms with van der Waals surface area (Å²) < 4.78 is 70.9. The highest BCUT2D eigenvalue weighted by Crippen LogP contribution is 2.35. The lowest BCUT2D eigenvalue weighted by atomic mass is 9.87. The third-order valence-electron chi connectivity index (χ3n) is 11.4. The second-order valence-electron chi connectivity index (χ2n) is 14.9. The number of halogens is 3. The van der Waals surface area contributed by atoms with E-state index in [1.807, 2.05) is 13.1 Å². The number of carbonyl (C=O) groups is 2. The maximum Gasteiger partial charge on any atom is 0.419 e. The van der Waals surface area contributed by atoms with Gasteiger partial charge in [0.25, 0.3) is 10.2 Å². The number of urea groups is 1. The van der Waals surface area contributed by atoms with E-state index in [4.69, 9.17) is 0 Å². The van der Waals surface area contributed by atoms with Gasteiger partial charge in [-0.1, -0.05) is 6.07 Å². The standard InChI is InChI=1S/C35H47F3N10O4S/c1-23(45-13-7-25(8-14-45)26-5-6-29-30(19-26)44(2)43-32(29)48-17-11-31(49)42-34(48)50)18-24-4-3-12-47(22-24)53(51,52)46-15-9-28(10-16-46)41-33-39-20-27(21-40-33)35(36,37)38/h5-6,19-21,23-25,28H,3-4,7-18,22H2,1-2H3,(H,39,40,41)(H,42,49,50). The van der Waals surface area contributed by atoms with Crippen molar-refractivity contribution in [2.45, 2.75) is 82.5 Å². The number of piperidine rings is 3. The van der Waals surface area contributed by atoms with E-state index in [9.17, 15) is 31.2 Å². The number of benzene rings is 1. The molecule has 2 unspecified atom stereocenters. The molecule has 7 rings (SSSR count). The number of nitrogens with zero attached hydrogens (tertiary/aromatic N) is 8. The van der Waals surface area contributed by atoms with Crippen LogP contribution in [-0.4, -0.2) is 112 Å². The van der Waals surface area contributed by atoms with Crippen LogP contribution in [0.3, 0.4) is 0 Å². The zero-order valence-corrected chi connectivity index (χ0v) is 30.9. The Bertz CT molecular complexity index is 1910. The molecule has 18 heteroatoms. The fourth-order valence-corrected chi connectivity index (χ4v) is 10.1. The minimum Gasteiger partial charge on any atom is -0.351 e. The number of hydrogen-bond acceptors (Lipinski definition) is 9. The Morgan fingerprint density at radius 2 is 1.68 bits per heavy atom. The predicted octanol–water partition coefficient (Wildman–Crippen LogP) is 4.32. The molecule has 0 bridgehead atoms. The molecule has 3 amide bonds. The first kappa shape index (κ1) is 37.4. The maximum atomic E-state index is 13.7. The van der Waals surface area contributed by atoms with Crippen LogP contribution in [0.25, 0.3) is 10.9 Å². The van der Waals surface area contributed by atoms with E-state index in [-0.39, 0.29) is 30.2 Å². The molecule has 4 fully saturated rings. The van der Waals surface area contributed by atoms with Crippen molar-refractivity contribution < 1.29 is 31.2 Å². The Kier molecular flexibility index (Phi) is 10.7. The summed E-state index contributed by atoms with van der Waals surface area (Å²) in [6, 6.07) is 6.08. The van der Waals surface area contributed by atoms with Crippen LogP contribution in [0.4, 0.5) is 29.7 Å². The van der Waals surface area contributed by atoms with E-state index in [0.29, 0.717) is 63.3 Å². The molecule has 2 atom stereocenters. The molecule has 3 aromatic rings. The van der Waals surface area contributed by atoms with E-state index in [2.05, 4.69) is 49.7 Å². The number of rotatable bonds is 9. The van der Waals surface area contributed by atoms with Crippen molar-refractivity contribution in [3.05, 3.63) is 41.7 Å². The lowest BCUT2D eigenvalue weighted by molar-refractivity contribution is -0.138. The van der Waals surface area contributed by atoms with Gasteiger partial charge in [-0.15, -0.1) is 0 Å². The van der Waals surface area contributed by atoms with Crippen molar-refractivity contribution in [3.63, 3.8) is 0 Å². The summed E-state index contributed by atoms with van der Waals surface area (Å²) in [7, 11) is -1.77. The molecule has 0 aliphatic carbocycles. The second kappa shape index (κ2) is 15.1. The van der Waals surface area contributed by atoms with E-state index >= 15 is 0 Å². The van der Waals surface area contributed by atoms with Crippen molar-refractivity contribution in [2.75, 3.05) is 56.0 Å². The number of imide groups is 1. The molecule has 0 spiro atoms. The number of anilines is 2. The van der Waals surface area contributed by atoms with Crippen LogP contribution in [0.5, 0.6) is 0 Å². The largest absolute Gasteiger partial charge is 0.419 e. The molecule has 0 radical (unpaired) electrons. The molecule has 2 aromatic heterocycles. The smallest absolute Gasteiger partial charge is 0.351 e. The molecule has 6 heterocycles. The van der Waals surface area contributed by atoms with Crippen molar-refractivity contribution in [2.24, 2.45) is 13.0 Å². The first-order valence-electron chi connectivity index (χ1n) is 18.5. The van der Waals surface area contributed by atoms with Crippen molar-refractivity contribution in [1.29, 1.82) is 0 Å². The van der Waals surface area contributed by atoms with Gasteiger partial charge in [-0.3, -0.25) is 19.7 Å². The summed E-state index contributed by atoms with van der Waals surface area (Å²) in [6.07, 6.45) is 3.01. The van der Waals surface area contributed by atoms with Gasteiger partial charge < -0.3 is 10.2 Å². The molecule has 4 aliphatic heterocycles. The average molecular weight is 761 g/mol. The van der Waals surface area contributed by atoms with Crippen LogP contribution in [0.2, 0.25) is 0 Å². The fourth-order valence-electron chi connectivity index (χ4n) is 8.33. The molecule has 288 valence electrons. The molecular formula is C35H47F3N10O4S. The summed E-state index contributed by atoms with van der Waals surface area (Å²) in [5.74, 6) is 1.05. The molecule has 0 saturated carbocycles. The third-order valence-corrected chi connectivity index (χ3v) is 13.4. The normalized spacial score (nSPS) is 23.0. The summed E-state index contributed by atoms with van der Waals surface area (Å²) in [6.45, 7) is 6.11. The molecule has 2 N–H and O–H groups in total. The highest BCUT2D eigenvalue weighted by Gasteiger charge is 2.37. The van der Waals surface area contributed by atoms with Crippen LogP contribution in [0, 0.1) is 5.92 Å². The van der Waals surface area contributed by atoms with Gasteiger partial charge in [0.15, 0.2) is 5.82 Å². The van der Waals surface area contributed by atoms with Gasteiger partial charge in [-0.2, -0.15) is 35.3 Å². The van der Waals surface area contributed by atoms with Crippen molar-refractivity contribution in [3.8, 4) is 0 Å². The second-order valence-corrected chi connectivity index (χ2v) is 16.8. The van der Waals surface area contributed by atoms with Gasteiger partial charge in [0.05, 0.1) is 11.1 Å². The monoisotopic (exact) mass is 760 g/mol. The van der Waals surface area contributed by atoms with E-state index in [1.165, 1.54) is 14.8 Å². The maximum absolute atomic E-state index is 13.7. The zero-order valence-electron chi connectivity index (χ0n) is 30.1. The summed E-state index contributed by atoms with van der Waals surface area (Å²) in [4.78, 5) is 35.7. The van der Waals surface area contributed by atoms with Gasteiger partial charge in [-0.05, 0) is 94.5 Å². The first-order valence-corrected chi connectivity index (χ1v) is 19.9. The predicted molar refractivity (Wildman–Crippen MR) is 192 cm³/mol. The Morgan fingerprint density at radius 1 is 0.962 bits per heavy atom. The number of hydrogen-bond donors (Lipinski definition) is 2. The summed E-state index contributed by atoms with van der Waals surface area (Å²) >= 11 is 0. The molecule has 4 saturated heterocycles. The highest BCUT2D eigenvalue weighted by molar-refractivity contribution is 7.86. The number of amides is 3. The number of carbonyl (C=O) groups excluding carboxylic acids is 2. The molecule has 4 aliphatic rings. The van der Waals surface area contributed by atoms with Crippen LogP contribution < -0.4 is 15.5 Å². The number of likely N-dealkylation sites (tertiary alicyclic amines) is 1. The fraction of sp³-hybridized carbons (Fsp3) is 0.629. The number of aromatic nitrogens is 4. The minimum absolute atomic E-state index is 0.100. The van der Waals surface area contributed by atoms with Crippen LogP contribution in [-0.2, 0) is 28.2 Å². The van der Waals surface area contributed by atoms with Gasteiger partial charge >= 0.3 is 12.2 Å². The molecular weight excluding hydrogens is 714 g/mol. The van der Waals surface area contributed by atoms with E-state index < -0.39 is 28.0 Å². The first-order chi connectivity index (χ1) is 25.3. The van der Waals surface area contributed by atoms with Gasteiger partial charge in [0.1, 0.15) is 0 Å². The number of aryl methyl sites for hydroxylation is 1. The Labute approximate surface area is 307 Å². The zero-order chi connectivity index (χ0) is 37.5. The quantitative estimate of drug-likeness (QED) is 0.326. The van der Waals surface area contributed by atoms with Crippen molar-refractivity contribution in [1.82, 2.24) is 38.6 Å². The number of fused-ring (bicyclic) bond motifs is 1. The molecule has 1 aromatic carbocycles. The average Bonchev–Trinajstić information content (AvgIpc) is 3.46. The minimum atomic E-state index is -4.51. The van der Waals surface area contributed by atoms with Crippen LogP contribution in [0.1, 0.15) is 75.3 Å². The topological polar surface area (TPSA) is 149 Å². The highest BCUT2D eigenvalue weighted by atomic mass is 32.2. The SMILES string of the molecule is CC(CC1CCCN(S(=O)(=O)N2CCC(Nc3ncc(C(F)(F)F)cn3)CC2)C1)N1CCC(c2ccc3c(N4CCC(=O)NC4=O)nn(C)c3c2)CC1. The van der Waals surface area contributed by atoms with Gasteiger partial charge in [0.2, 0.25) is 11.9 Å². The Morgan fingerprint density at radius 3 is 2.36 bits per heavy atom. The number of nitrogens with one attached hydrogen (secondary N) is 2. The Balaban J connectivity index is 0.884. The van der Waals surface area contributed by atoms with Crippen LogP contribution >= 0.6 is 0 Å².